The van der Waals surface area contributed by atoms with Gasteiger partial charge in [-0.05, 0) is 55.7 Å². The van der Waals surface area contributed by atoms with Crippen molar-refractivity contribution in [3.05, 3.63) is 11.6 Å². The molecule has 0 amide bonds. The molecule has 0 aromatic heterocycles. The molecule has 2 saturated heterocycles. The van der Waals surface area contributed by atoms with Gasteiger partial charge in [-0.2, -0.15) is 0 Å². The molecule has 0 aromatic rings. The maximum Gasteiger partial charge on any atom is 0.333 e. The first kappa shape index (κ1) is 24.8. The van der Waals surface area contributed by atoms with Gasteiger partial charge in [0.05, 0.1) is 32.2 Å². The van der Waals surface area contributed by atoms with E-state index in [1.807, 2.05) is 0 Å². The van der Waals surface area contributed by atoms with Crippen LogP contribution in [0.25, 0.3) is 0 Å². The molecule has 0 spiro atoms. The third-order valence-electron chi connectivity index (χ3n) is 8.64. The Morgan fingerprint density at radius 1 is 0.862 bits per heavy atom. The fourth-order valence-corrected chi connectivity index (χ4v) is 10.9. The van der Waals surface area contributed by atoms with Crippen LogP contribution in [0, 0.1) is 0 Å². The molecule has 2 unspecified atom stereocenters. The number of carboxylic acid groups (broad SMARTS) is 1. The van der Waals surface area contributed by atoms with Crippen molar-refractivity contribution in [2.45, 2.75) is 114 Å². The second kappa shape index (κ2) is 8.97. The summed E-state index contributed by atoms with van der Waals surface area (Å²) in [5.41, 5.74) is 1.44. The Hall–Kier alpha value is -0.436. The lowest BCUT2D eigenvalue weighted by Crippen LogP contribution is -2.64. The molecule has 0 aliphatic carbocycles. The van der Waals surface area contributed by atoms with Crippen molar-refractivity contribution in [3.63, 3.8) is 0 Å². The Labute approximate surface area is 180 Å². The Morgan fingerprint density at radius 2 is 1.38 bits per heavy atom. The molecule has 6 heteroatoms. The van der Waals surface area contributed by atoms with Crippen molar-refractivity contribution in [3.8, 4) is 0 Å². The van der Waals surface area contributed by atoms with Crippen LogP contribution in [0.15, 0.2) is 11.6 Å². The van der Waals surface area contributed by atoms with Crippen molar-refractivity contribution in [2.24, 2.45) is 0 Å². The van der Waals surface area contributed by atoms with Gasteiger partial charge in [0.25, 0.3) is 0 Å². The second-order valence-electron chi connectivity index (χ2n) is 10.9. The van der Waals surface area contributed by atoms with Crippen LogP contribution in [-0.4, -0.2) is 50.9 Å². The standard InChI is InChI=1S/C23H44O4Si2/c1-18(2)28(5,6)22(13-9-11-15-26-22)17-20(21(24)25)23(14-10-12-16-27-23)29(7,8)19(3)4/h17-19H,9-16H2,1-8H3,(H,24,25). The Morgan fingerprint density at radius 3 is 1.76 bits per heavy atom. The van der Waals surface area contributed by atoms with Crippen LogP contribution in [0.1, 0.15) is 66.2 Å². The molecule has 2 aliphatic rings. The minimum atomic E-state index is -2.07. The first-order valence-corrected chi connectivity index (χ1v) is 17.7. The van der Waals surface area contributed by atoms with Crippen LogP contribution in [0.3, 0.4) is 0 Å². The maximum absolute atomic E-state index is 12.8. The molecule has 0 aromatic carbocycles. The summed E-state index contributed by atoms with van der Waals surface area (Å²) in [6.07, 6.45) is 8.06. The average molecular weight is 441 g/mol. The molecule has 0 saturated carbocycles. The second-order valence-corrected chi connectivity index (χ2v) is 21.8. The largest absolute Gasteiger partial charge is 0.478 e. The van der Waals surface area contributed by atoms with Crippen LogP contribution >= 0.6 is 0 Å². The van der Waals surface area contributed by atoms with E-state index in [1.165, 1.54) is 0 Å². The molecule has 2 aliphatic heterocycles. The van der Waals surface area contributed by atoms with E-state index in [0.717, 1.165) is 45.1 Å². The lowest BCUT2D eigenvalue weighted by Gasteiger charge is -2.53. The minimum Gasteiger partial charge on any atom is -0.478 e. The molecule has 2 atom stereocenters. The van der Waals surface area contributed by atoms with E-state index < -0.39 is 32.6 Å². The van der Waals surface area contributed by atoms with Crippen molar-refractivity contribution in [1.82, 2.24) is 0 Å². The fourth-order valence-electron chi connectivity index (χ4n) is 5.03. The number of carboxylic acids is 1. The summed E-state index contributed by atoms with van der Waals surface area (Å²) in [6, 6.07) is 0. The van der Waals surface area contributed by atoms with Gasteiger partial charge in [0.1, 0.15) is 0 Å². The maximum atomic E-state index is 12.8. The van der Waals surface area contributed by atoms with Gasteiger partial charge in [0.2, 0.25) is 0 Å². The van der Waals surface area contributed by atoms with E-state index in [0.29, 0.717) is 23.3 Å². The van der Waals surface area contributed by atoms with Crippen molar-refractivity contribution < 1.29 is 19.4 Å². The topological polar surface area (TPSA) is 55.8 Å². The lowest BCUT2D eigenvalue weighted by molar-refractivity contribution is -0.136. The van der Waals surface area contributed by atoms with E-state index in [9.17, 15) is 9.90 Å². The average Bonchev–Trinajstić information content (AvgIpc) is 2.66. The summed E-state index contributed by atoms with van der Waals surface area (Å²) < 4.78 is 13.1. The summed E-state index contributed by atoms with van der Waals surface area (Å²) in [5, 5.41) is 9.45. The summed E-state index contributed by atoms with van der Waals surface area (Å²) in [6.45, 7) is 19.8. The molecule has 4 nitrogen and oxygen atoms in total. The molecule has 0 radical (unpaired) electrons. The Kier molecular flexibility index (Phi) is 7.68. The molecular weight excluding hydrogens is 396 g/mol. The van der Waals surface area contributed by atoms with Crippen molar-refractivity contribution in [2.75, 3.05) is 13.2 Å². The third kappa shape index (κ3) is 4.32. The molecule has 1 N–H and O–H groups in total. The number of hydrogen-bond acceptors (Lipinski definition) is 3. The van der Waals surface area contributed by atoms with Gasteiger partial charge in [0, 0.05) is 13.2 Å². The Bertz CT molecular complexity index is 610. The first-order chi connectivity index (χ1) is 13.3. The molecule has 29 heavy (non-hydrogen) atoms. The van der Waals surface area contributed by atoms with E-state index >= 15 is 0 Å². The molecule has 168 valence electrons. The third-order valence-corrected chi connectivity index (χ3v) is 19.9. The van der Waals surface area contributed by atoms with Crippen LogP contribution in [0.5, 0.6) is 0 Å². The minimum absolute atomic E-state index is 0.428. The Balaban J connectivity index is 2.73. The van der Waals surface area contributed by atoms with Gasteiger partial charge in [0.15, 0.2) is 0 Å². The molecular formula is C23H44O4Si2. The van der Waals surface area contributed by atoms with Crippen molar-refractivity contribution in [1.29, 1.82) is 0 Å². The zero-order valence-electron chi connectivity index (χ0n) is 20.1. The van der Waals surface area contributed by atoms with Crippen molar-refractivity contribution >= 4 is 22.1 Å². The number of aliphatic carboxylic acids is 1. The highest BCUT2D eigenvalue weighted by Gasteiger charge is 2.57. The van der Waals surface area contributed by atoms with Crippen LogP contribution in [0.2, 0.25) is 37.3 Å². The normalized spacial score (nSPS) is 30.1. The smallest absolute Gasteiger partial charge is 0.333 e. The molecule has 2 rings (SSSR count). The SMILES string of the molecule is CC(C)[Si](C)(C)C1(C=C(C(=O)O)C2([Si](C)(C)C(C)C)CCCCO2)CCCCO1. The van der Waals surface area contributed by atoms with E-state index in [4.69, 9.17) is 9.47 Å². The van der Waals surface area contributed by atoms with Gasteiger partial charge in [-0.15, -0.1) is 0 Å². The predicted octanol–water partition coefficient (Wildman–Crippen LogP) is 6.19. The highest BCUT2D eigenvalue weighted by atomic mass is 28.3. The van der Waals surface area contributed by atoms with E-state index in [-0.39, 0.29) is 0 Å². The van der Waals surface area contributed by atoms with E-state index in [2.05, 4.69) is 60.0 Å². The fraction of sp³-hybridized carbons (Fsp3) is 0.870. The van der Waals surface area contributed by atoms with Gasteiger partial charge < -0.3 is 14.6 Å². The predicted molar refractivity (Wildman–Crippen MR) is 126 cm³/mol. The number of rotatable bonds is 7. The number of carbonyl (C=O) groups is 1. The van der Waals surface area contributed by atoms with Gasteiger partial charge in [-0.1, -0.05) is 53.9 Å². The summed E-state index contributed by atoms with van der Waals surface area (Å²) >= 11 is 0. The highest BCUT2D eigenvalue weighted by molar-refractivity contribution is 6.83. The number of hydrogen-bond donors (Lipinski definition) is 1. The summed E-state index contributed by atoms with van der Waals surface area (Å²) in [7, 11) is -3.99. The molecule has 2 fully saturated rings. The summed E-state index contributed by atoms with van der Waals surface area (Å²) in [4.78, 5) is 12.8. The highest BCUT2D eigenvalue weighted by Crippen LogP contribution is 2.48. The molecule has 0 bridgehead atoms. The quantitative estimate of drug-likeness (QED) is 0.379. The van der Waals surface area contributed by atoms with Crippen LogP contribution < -0.4 is 0 Å². The molecule has 2 heterocycles. The number of ether oxygens (including phenoxy) is 2. The van der Waals surface area contributed by atoms with Crippen LogP contribution in [-0.2, 0) is 14.3 Å². The van der Waals surface area contributed by atoms with Gasteiger partial charge in [-0.3, -0.25) is 0 Å². The van der Waals surface area contributed by atoms with E-state index in [1.54, 1.807) is 0 Å². The zero-order valence-corrected chi connectivity index (χ0v) is 22.1. The lowest BCUT2D eigenvalue weighted by atomic mass is 9.96. The first-order valence-electron chi connectivity index (χ1n) is 11.6. The van der Waals surface area contributed by atoms with Gasteiger partial charge in [-0.25, -0.2) is 4.79 Å². The zero-order chi connectivity index (χ0) is 22.1. The summed E-state index contributed by atoms with van der Waals surface area (Å²) in [5.74, 6) is -0.810. The van der Waals surface area contributed by atoms with Gasteiger partial charge >= 0.3 is 5.97 Å². The van der Waals surface area contributed by atoms with Crippen LogP contribution in [0.4, 0.5) is 0 Å². The monoisotopic (exact) mass is 440 g/mol.